The minimum atomic E-state index is -0.509. The van der Waals surface area contributed by atoms with Crippen LogP contribution in [0.15, 0.2) is 71.8 Å². The number of esters is 1. The number of hydrogen-bond donors (Lipinski definition) is 2. The van der Waals surface area contributed by atoms with E-state index in [1.54, 1.807) is 67.8 Å². The first kappa shape index (κ1) is 25.8. The summed E-state index contributed by atoms with van der Waals surface area (Å²) in [5.41, 5.74) is 3.70. The van der Waals surface area contributed by atoms with Gasteiger partial charge in [-0.2, -0.15) is 5.10 Å². The molecule has 0 radical (unpaired) electrons. The topological polar surface area (TPSA) is 125 Å². The molecule has 0 aliphatic carbocycles. The van der Waals surface area contributed by atoms with Crippen molar-refractivity contribution in [1.82, 2.24) is 10.7 Å². The molecule has 3 aromatic carbocycles. The van der Waals surface area contributed by atoms with E-state index in [9.17, 15) is 14.4 Å². The second-order valence-electron chi connectivity index (χ2n) is 7.23. The van der Waals surface area contributed by atoms with E-state index in [1.807, 2.05) is 0 Å². The Kier molecular flexibility index (Phi) is 8.99. The number of carbonyl (C=O) groups excluding carboxylic acids is 3. The molecule has 0 aliphatic rings. The van der Waals surface area contributed by atoms with Gasteiger partial charge in [-0.05, 0) is 72.3 Å². The van der Waals surface area contributed by atoms with Crippen molar-refractivity contribution in [3.63, 3.8) is 0 Å². The monoisotopic (exact) mass is 491 g/mol. The number of amides is 2. The number of benzene rings is 3. The van der Waals surface area contributed by atoms with Gasteiger partial charge in [-0.15, -0.1) is 0 Å². The maximum atomic E-state index is 12.3. The highest BCUT2D eigenvalue weighted by atomic mass is 16.5. The Balaban J connectivity index is 1.45. The molecule has 0 atom stereocenters. The third-order valence-electron chi connectivity index (χ3n) is 4.87. The SMILES string of the molecule is COc1ccc(C(=O)Oc2ccc(/C=N/NC(=O)CNC(=O)c3ccc(OC)c(OC)c3)cc2)cc1. The number of hydrogen-bond acceptors (Lipinski definition) is 8. The summed E-state index contributed by atoms with van der Waals surface area (Å²) < 4.78 is 20.7. The molecule has 36 heavy (non-hydrogen) atoms. The highest BCUT2D eigenvalue weighted by Crippen LogP contribution is 2.27. The average molecular weight is 492 g/mol. The summed E-state index contributed by atoms with van der Waals surface area (Å²) in [6, 6.07) is 17.8. The van der Waals surface area contributed by atoms with Gasteiger partial charge in [0.1, 0.15) is 11.5 Å². The van der Waals surface area contributed by atoms with Crippen LogP contribution in [0, 0.1) is 0 Å². The van der Waals surface area contributed by atoms with Crippen LogP contribution in [0.25, 0.3) is 0 Å². The van der Waals surface area contributed by atoms with Crippen LogP contribution in [0.5, 0.6) is 23.0 Å². The summed E-state index contributed by atoms with van der Waals surface area (Å²) in [6.07, 6.45) is 1.42. The van der Waals surface area contributed by atoms with Gasteiger partial charge >= 0.3 is 5.97 Å². The van der Waals surface area contributed by atoms with Gasteiger partial charge in [0.15, 0.2) is 11.5 Å². The summed E-state index contributed by atoms with van der Waals surface area (Å²) in [7, 11) is 4.51. The number of hydrazone groups is 1. The van der Waals surface area contributed by atoms with Crippen LogP contribution in [0.1, 0.15) is 26.3 Å². The molecular weight excluding hydrogens is 466 g/mol. The number of nitrogens with zero attached hydrogens (tertiary/aromatic N) is 1. The zero-order valence-corrected chi connectivity index (χ0v) is 19.9. The van der Waals surface area contributed by atoms with Gasteiger partial charge in [0.05, 0.1) is 39.7 Å². The molecule has 0 spiro atoms. The fraction of sp³-hybridized carbons (Fsp3) is 0.154. The third kappa shape index (κ3) is 7.07. The van der Waals surface area contributed by atoms with Gasteiger partial charge in [-0.1, -0.05) is 0 Å². The molecule has 0 fully saturated rings. The summed E-state index contributed by atoms with van der Waals surface area (Å²) in [4.78, 5) is 36.5. The zero-order valence-electron chi connectivity index (χ0n) is 19.9. The minimum absolute atomic E-state index is 0.273. The molecule has 2 amide bonds. The molecule has 0 saturated carbocycles. The van der Waals surface area contributed by atoms with E-state index < -0.39 is 17.8 Å². The van der Waals surface area contributed by atoms with Gasteiger partial charge in [0.25, 0.3) is 11.8 Å². The van der Waals surface area contributed by atoms with E-state index in [1.165, 1.54) is 26.5 Å². The van der Waals surface area contributed by atoms with E-state index in [-0.39, 0.29) is 6.54 Å². The third-order valence-corrected chi connectivity index (χ3v) is 4.87. The normalized spacial score (nSPS) is 10.4. The Morgan fingerprint density at radius 2 is 1.42 bits per heavy atom. The molecular formula is C26H25N3O7. The average Bonchev–Trinajstić information content (AvgIpc) is 2.92. The predicted molar refractivity (Wildman–Crippen MR) is 132 cm³/mol. The number of methoxy groups -OCH3 is 3. The second-order valence-corrected chi connectivity index (χ2v) is 7.23. The van der Waals surface area contributed by atoms with Gasteiger partial charge < -0.3 is 24.3 Å². The molecule has 0 heterocycles. The lowest BCUT2D eigenvalue weighted by Crippen LogP contribution is -2.34. The fourth-order valence-electron chi connectivity index (χ4n) is 2.97. The first-order valence-electron chi connectivity index (χ1n) is 10.7. The van der Waals surface area contributed by atoms with Crippen molar-refractivity contribution < 1.29 is 33.3 Å². The van der Waals surface area contributed by atoms with Crippen molar-refractivity contribution in [3.8, 4) is 23.0 Å². The molecule has 186 valence electrons. The smallest absolute Gasteiger partial charge is 0.343 e. The zero-order chi connectivity index (χ0) is 25.9. The predicted octanol–water partition coefficient (Wildman–Crippen LogP) is 2.81. The summed E-state index contributed by atoms with van der Waals surface area (Å²) in [5.74, 6) is 0.434. The van der Waals surface area contributed by atoms with Gasteiger partial charge in [-0.3, -0.25) is 9.59 Å². The molecule has 0 bridgehead atoms. The molecule has 3 aromatic rings. The maximum absolute atomic E-state index is 12.3. The fourth-order valence-corrected chi connectivity index (χ4v) is 2.97. The first-order chi connectivity index (χ1) is 17.4. The van der Waals surface area contributed by atoms with Gasteiger partial charge in [-0.25, -0.2) is 10.2 Å². The van der Waals surface area contributed by atoms with Crippen LogP contribution < -0.4 is 29.7 Å². The largest absolute Gasteiger partial charge is 0.497 e. The van der Waals surface area contributed by atoms with E-state index in [2.05, 4.69) is 15.8 Å². The van der Waals surface area contributed by atoms with Crippen LogP contribution in [-0.4, -0.2) is 51.9 Å². The number of nitrogens with one attached hydrogen (secondary N) is 2. The number of ether oxygens (including phenoxy) is 4. The van der Waals surface area contributed by atoms with Crippen molar-refractivity contribution in [2.24, 2.45) is 5.10 Å². The summed E-state index contributed by atoms with van der Waals surface area (Å²) in [5, 5.41) is 6.37. The number of carbonyl (C=O) groups is 3. The Morgan fingerprint density at radius 3 is 2.06 bits per heavy atom. The first-order valence-corrected chi connectivity index (χ1v) is 10.7. The van der Waals surface area contributed by atoms with Crippen molar-refractivity contribution in [2.75, 3.05) is 27.9 Å². The van der Waals surface area contributed by atoms with Crippen molar-refractivity contribution in [3.05, 3.63) is 83.4 Å². The van der Waals surface area contributed by atoms with Gasteiger partial charge in [0.2, 0.25) is 0 Å². The molecule has 2 N–H and O–H groups in total. The highest BCUT2D eigenvalue weighted by Gasteiger charge is 2.12. The van der Waals surface area contributed by atoms with Crippen molar-refractivity contribution in [2.45, 2.75) is 0 Å². The molecule has 0 unspecified atom stereocenters. The molecule has 0 aromatic heterocycles. The quantitative estimate of drug-likeness (QED) is 0.193. The summed E-state index contributed by atoms with van der Waals surface area (Å²) in [6.45, 7) is -0.273. The Morgan fingerprint density at radius 1 is 0.778 bits per heavy atom. The van der Waals surface area contributed by atoms with Crippen molar-refractivity contribution in [1.29, 1.82) is 0 Å². The van der Waals surface area contributed by atoms with E-state index >= 15 is 0 Å². The molecule has 0 saturated heterocycles. The van der Waals surface area contributed by atoms with Crippen LogP contribution in [0.4, 0.5) is 0 Å². The lowest BCUT2D eigenvalue weighted by atomic mass is 10.2. The van der Waals surface area contributed by atoms with Crippen molar-refractivity contribution >= 4 is 24.0 Å². The standard InChI is InChI=1S/C26H25N3O7/c1-33-20-11-6-18(7-12-20)26(32)36-21-9-4-17(5-10-21)15-28-29-24(30)16-27-25(31)19-8-13-22(34-2)23(14-19)35-3/h4-15H,16H2,1-3H3,(H,27,31)(H,29,30)/b28-15+. The Hall–Kier alpha value is -4.86. The van der Waals surface area contributed by atoms with Crippen LogP contribution in [0.3, 0.4) is 0 Å². The van der Waals surface area contributed by atoms with E-state index in [0.717, 1.165) is 0 Å². The summed E-state index contributed by atoms with van der Waals surface area (Å²) >= 11 is 0. The van der Waals surface area contributed by atoms with Crippen LogP contribution in [0.2, 0.25) is 0 Å². The lowest BCUT2D eigenvalue weighted by Gasteiger charge is -2.09. The van der Waals surface area contributed by atoms with Crippen LogP contribution >= 0.6 is 0 Å². The van der Waals surface area contributed by atoms with Crippen LogP contribution in [-0.2, 0) is 4.79 Å². The maximum Gasteiger partial charge on any atom is 0.343 e. The molecule has 10 heteroatoms. The van der Waals surface area contributed by atoms with Gasteiger partial charge in [0, 0.05) is 5.56 Å². The van der Waals surface area contributed by atoms with E-state index in [4.69, 9.17) is 18.9 Å². The minimum Gasteiger partial charge on any atom is -0.497 e. The lowest BCUT2D eigenvalue weighted by molar-refractivity contribution is -0.120. The second kappa shape index (κ2) is 12.6. The Labute approximate surface area is 207 Å². The van der Waals surface area contributed by atoms with E-state index in [0.29, 0.717) is 39.7 Å². The number of rotatable bonds is 10. The highest BCUT2D eigenvalue weighted by molar-refractivity contribution is 5.97. The molecule has 0 aliphatic heterocycles. The Bertz CT molecular complexity index is 1240. The molecule has 3 rings (SSSR count). The molecule has 10 nitrogen and oxygen atoms in total.